The molecule has 7 nitrogen and oxygen atoms in total. The molecule has 5 aliphatic heterocycles. The number of alkyl halides is 2. The van der Waals surface area contributed by atoms with Crippen molar-refractivity contribution in [2.24, 2.45) is 5.92 Å². The van der Waals surface area contributed by atoms with Crippen molar-refractivity contribution in [1.82, 2.24) is 19.9 Å². The first-order valence-electron chi connectivity index (χ1n) is 14.7. The first-order valence-corrected chi connectivity index (χ1v) is 14.7. The Bertz CT molecular complexity index is 1470. The molecule has 1 aromatic carbocycles. The quantitative estimate of drug-likeness (QED) is 0.334. The fourth-order valence-corrected chi connectivity index (χ4v) is 6.00. The summed E-state index contributed by atoms with van der Waals surface area (Å²) in [5.41, 5.74) is 1.43. The van der Waals surface area contributed by atoms with Gasteiger partial charge in [0.25, 0.3) is 5.92 Å². The predicted octanol–water partition coefficient (Wildman–Crippen LogP) is 6.68. The summed E-state index contributed by atoms with van der Waals surface area (Å²) in [7, 11) is 0. The molecule has 0 amide bonds. The average molecular weight is 559 g/mol. The van der Waals surface area contributed by atoms with Crippen LogP contribution in [0.3, 0.4) is 0 Å². The number of benzene rings is 1. The van der Waals surface area contributed by atoms with E-state index in [4.69, 9.17) is 9.72 Å². The Labute approximate surface area is 239 Å². The molecular formula is C32H36F2N6O. The summed E-state index contributed by atoms with van der Waals surface area (Å²) >= 11 is 0. The third-order valence-corrected chi connectivity index (χ3v) is 8.83. The van der Waals surface area contributed by atoms with Crippen molar-refractivity contribution < 1.29 is 13.5 Å². The number of hydrogen-bond acceptors (Lipinski definition) is 7. The van der Waals surface area contributed by atoms with Gasteiger partial charge < -0.3 is 10.1 Å². The lowest BCUT2D eigenvalue weighted by Crippen LogP contribution is -2.39. The van der Waals surface area contributed by atoms with Crippen LogP contribution < -0.4 is 10.1 Å². The molecule has 1 saturated heterocycles. The highest BCUT2D eigenvalue weighted by Gasteiger charge is 2.48. The Morgan fingerprint density at radius 1 is 1.10 bits per heavy atom. The van der Waals surface area contributed by atoms with Crippen LogP contribution in [0.25, 0.3) is 11.0 Å². The van der Waals surface area contributed by atoms with E-state index in [1.165, 1.54) is 6.33 Å². The molecule has 2 aromatic heterocycles. The molecule has 6 aliphatic rings. The molecule has 3 aromatic rings. The second-order valence-corrected chi connectivity index (χ2v) is 11.6. The highest BCUT2D eigenvalue weighted by molar-refractivity contribution is 5.88. The maximum atomic E-state index is 15.8. The van der Waals surface area contributed by atoms with Gasteiger partial charge in [-0.25, -0.2) is 18.7 Å². The Balaban J connectivity index is 1.36. The van der Waals surface area contributed by atoms with Gasteiger partial charge >= 0.3 is 0 Å². The van der Waals surface area contributed by atoms with Crippen LogP contribution in [0.5, 0.6) is 5.88 Å². The molecule has 214 valence electrons. The third-order valence-electron chi connectivity index (χ3n) is 8.83. The molecule has 8 bridgehead atoms. The summed E-state index contributed by atoms with van der Waals surface area (Å²) in [6, 6.07) is 10.8. The minimum Gasteiger partial charge on any atom is -0.477 e. The molecule has 9 heteroatoms. The zero-order chi connectivity index (χ0) is 28.5. The van der Waals surface area contributed by atoms with Crippen molar-refractivity contribution >= 4 is 16.9 Å². The minimum atomic E-state index is -2.90. The van der Waals surface area contributed by atoms with Crippen molar-refractivity contribution in [3.8, 4) is 11.9 Å². The molecule has 0 radical (unpaired) electrons. The number of piperidine rings is 1. The van der Waals surface area contributed by atoms with E-state index < -0.39 is 17.3 Å². The first-order chi connectivity index (χ1) is 19.9. The number of nitrogens with one attached hydrogen (secondary N) is 1. The van der Waals surface area contributed by atoms with Crippen molar-refractivity contribution in [3.63, 3.8) is 0 Å². The van der Waals surface area contributed by atoms with Crippen LogP contribution in [-0.4, -0.2) is 46.1 Å². The van der Waals surface area contributed by atoms with Crippen LogP contribution in [-0.2, 0) is 11.3 Å². The highest BCUT2D eigenvalue weighted by atomic mass is 19.3. The molecule has 0 unspecified atom stereocenters. The third kappa shape index (κ3) is 5.62. The number of nitriles is 1. The van der Waals surface area contributed by atoms with Gasteiger partial charge in [0, 0.05) is 29.6 Å². The lowest BCUT2D eigenvalue weighted by molar-refractivity contribution is -0.0847. The predicted molar refractivity (Wildman–Crippen MR) is 154 cm³/mol. The molecule has 1 N–H and O–H groups in total. The van der Waals surface area contributed by atoms with E-state index in [0.717, 1.165) is 49.8 Å². The number of pyridine rings is 1. The molecule has 2 fully saturated rings. The van der Waals surface area contributed by atoms with Crippen molar-refractivity contribution in [2.45, 2.75) is 69.2 Å². The second-order valence-electron chi connectivity index (χ2n) is 11.6. The van der Waals surface area contributed by atoms with Gasteiger partial charge in [-0.1, -0.05) is 30.4 Å². The normalized spacial score (nSPS) is 26.5. The molecule has 1 saturated carbocycles. The number of ether oxygens (including phenoxy) is 1. The van der Waals surface area contributed by atoms with E-state index in [1.54, 1.807) is 18.2 Å². The second kappa shape index (κ2) is 11.3. The number of halogens is 2. The lowest BCUT2D eigenvalue weighted by Gasteiger charge is -2.35. The van der Waals surface area contributed by atoms with Crippen LogP contribution in [0.4, 0.5) is 14.6 Å². The monoisotopic (exact) mass is 558 g/mol. The summed E-state index contributed by atoms with van der Waals surface area (Å²) in [6.45, 7) is 4.58. The largest absolute Gasteiger partial charge is 0.477 e. The standard InChI is InChI=1S/C32H36F2N6O/c1-22-23-8-7-9-25(18-23)32(33,34)24-10-15-40(16-11-24)14-5-3-2-4-6-17-41-30-27(31(20-35)12-13-31)19-26-28(38-22)36-21-37-29(26)39-30/h3,5,7-9,18-19,21-22,24H,2,4,6,10-17H2,1H3,(H,36,37,38,39)/b5-3+/t22-/m1/s1. The Hall–Kier alpha value is -3.64. The molecule has 41 heavy (non-hydrogen) atoms. The number of nitrogens with zero attached hydrogens (tertiary/aromatic N) is 5. The average Bonchev–Trinajstić information content (AvgIpc) is 3.79. The molecule has 9 rings (SSSR count). The van der Waals surface area contributed by atoms with E-state index in [2.05, 4.69) is 38.4 Å². The van der Waals surface area contributed by atoms with Crippen LogP contribution in [0.1, 0.15) is 74.6 Å². The number of anilines is 1. The Kier molecular flexibility index (Phi) is 7.60. The molecule has 7 heterocycles. The Morgan fingerprint density at radius 2 is 1.93 bits per heavy atom. The van der Waals surface area contributed by atoms with Crippen molar-refractivity contribution in [3.05, 3.63) is 65.5 Å². The summed E-state index contributed by atoms with van der Waals surface area (Å²) in [4.78, 5) is 15.9. The minimum absolute atomic E-state index is 0.0587. The number of aromatic nitrogens is 3. The number of hydrogen-bond donors (Lipinski definition) is 1. The van der Waals surface area contributed by atoms with Crippen molar-refractivity contribution in [1.29, 1.82) is 5.26 Å². The summed E-state index contributed by atoms with van der Waals surface area (Å²) in [5, 5.41) is 14.1. The Morgan fingerprint density at radius 3 is 2.71 bits per heavy atom. The zero-order valence-electron chi connectivity index (χ0n) is 23.5. The van der Waals surface area contributed by atoms with Crippen LogP contribution in [0.15, 0.2) is 48.8 Å². The van der Waals surface area contributed by atoms with E-state index in [-0.39, 0.29) is 11.6 Å². The molecule has 0 spiro atoms. The van der Waals surface area contributed by atoms with Gasteiger partial charge in [0.15, 0.2) is 5.65 Å². The van der Waals surface area contributed by atoms with Gasteiger partial charge in [0.2, 0.25) is 5.88 Å². The summed E-state index contributed by atoms with van der Waals surface area (Å²) in [6.07, 6.45) is 11.0. The SMILES string of the molecule is C[C@H]1Nc2ncnc3nc(c(C4(C#N)CC4)cc23)OCCCC/C=C/CN2CCC(CC2)C(F)(F)c2cccc1c2. The maximum Gasteiger partial charge on any atom is 0.276 e. The van der Waals surface area contributed by atoms with Crippen LogP contribution in [0.2, 0.25) is 0 Å². The topological polar surface area (TPSA) is 87.0 Å². The smallest absolute Gasteiger partial charge is 0.276 e. The summed E-state index contributed by atoms with van der Waals surface area (Å²) in [5.74, 6) is -2.57. The van der Waals surface area contributed by atoms with Gasteiger partial charge in [-0.3, -0.25) is 4.90 Å². The first kappa shape index (κ1) is 27.5. The number of allylic oxidation sites excluding steroid dienone is 1. The highest BCUT2D eigenvalue weighted by Crippen LogP contribution is 2.51. The lowest BCUT2D eigenvalue weighted by atomic mass is 9.85. The van der Waals surface area contributed by atoms with Gasteiger partial charge in [-0.15, -0.1) is 0 Å². The summed E-state index contributed by atoms with van der Waals surface area (Å²) < 4.78 is 37.7. The maximum absolute atomic E-state index is 15.8. The molecule has 1 atom stereocenters. The molecule has 1 aliphatic carbocycles. The number of rotatable bonds is 1. The van der Waals surface area contributed by atoms with E-state index in [0.29, 0.717) is 55.3 Å². The van der Waals surface area contributed by atoms with Crippen LogP contribution >= 0.6 is 0 Å². The van der Waals surface area contributed by atoms with Crippen molar-refractivity contribution in [2.75, 3.05) is 31.6 Å². The van der Waals surface area contributed by atoms with Gasteiger partial charge in [-0.05, 0) is 82.7 Å². The molecular weight excluding hydrogens is 522 g/mol. The zero-order valence-corrected chi connectivity index (χ0v) is 23.5. The fourth-order valence-electron chi connectivity index (χ4n) is 6.00. The van der Waals surface area contributed by atoms with E-state index in [9.17, 15) is 5.26 Å². The van der Waals surface area contributed by atoms with Gasteiger partial charge in [-0.2, -0.15) is 10.2 Å². The van der Waals surface area contributed by atoms with E-state index >= 15 is 8.78 Å². The van der Waals surface area contributed by atoms with Gasteiger partial charge in [0.1, 0.15) is 12.1 Å². The van der Waals surface area contributed by atoms with E-state index in [1.807, 2.05) is 19.1 Å². The van der Waals surface area contributed by atoms with Crippen LogP contribution in [0, 0.1) is 17.2 Å². The van der Waals surface area contributed by atoms with Gasteiger partial charge in [0.05, 0.1) is 23.5 Å². The fraction of sp³-hybridized carbons (Fsp3) is 0.500.